The van der Waals surface area contributed by atoms with E-state index in [4.69, 9.17) is 5.11 Å². The van der Waals surface area contributed by atoms with Gasteiger partial charge in [0.05, 0.1) is 0 Å². The lowest BCUT2D eigenvalue weighted by Gasteiger charge is -1.99. The van der Waals surface area contributed by atoms with E-state index in [0.717, 1.165) is 0 Å². The van der Waals surface area contributed by atoms with Crippen LogP contribution in [-0.2, 0) is 16.1 Å². The first-order valence-electron chi connectivity index (χ1n) is 4.78. The zero-order valence-electron chi connectivity index (χ0n) is 8.72. The molecule has 2 N–H and O–H groups in total. The van der Waals surface area contributed by atoms with Crippen LogP contribution in [0, 0.1) is 0 Å². The van der Waals surface area contributed by atoms with Gasteiger partial charge in [0.2, 0.25) is 5.91 Å². The second-order valence-electron chi connectivity index (χ2n) is 3.17. The molecular weight excluding hydrogens is 210 g/mol. The molecule has 0 aromatic carbocycles. The van der Waals surface area contributed by atoms with Crippen LogP contribution in [0.25, 0.3) is 0 Å². The standard InChI is InChI=1S/C10H13N3O3/c1-2-3-4-9(14)11-8-5-6-13(12-8)7-10(15)16/h2,5-6H,1,3-4,7H2,(H,15,16)(H,11,12,14). The van der Waals surface area contributed by atoms with Crippen LogP contribution in [0.3, 0.4) is 0 Å². The first-order valence-corrected chi connectivity index (χ1v) is 4.78. The molecule has 0 saturated carbocycles. The number of nitrogens with one attached hydrogen (secondary N) is 1. The van der Waals surface area contributed by atoms with Gasteiger partial charge in [0.25, 0.3) is 0 Å². The Hall–Kier alpha value is -2.11. The van der Waals surface area contributed by atoms with E-state index in [9.17, 15) is 9.59 Å². The molecule has 1 aromatic rings. The Balaban J connectivity index is 2.48. The van der Waals surface area contributed by atoms with Gasteiger partial charge in [-0.3, -0.25) is 14.3 Å². The van der Waals surface area contributed by atoms with Crippen molar-refractivity contribution < 1.29 is 14.7 Å². The summed E-state index contributed by atoms with van der Waals surface area (Å²) in [6.07, 6.45) is 4.09. The van der Waals surface area contributed by atoms with Gasteiger partial charge in [-0.1, -0.05) is 6.08 Å². The average Bonchev–Trinajstić information content (AvgIpc) is 2.61. The van der Waals surface area contributed by atoms with Crippen LogP contribution in [0.5, 0.6) is 0 Å². The topological polar surface area (TPSA) is 84.2 Å². The fourth-order valence-corrected chi connectivity index (χ4v) is 1.09. The highest BCUT2D eigenvalue weighted by molar-refractivity contribution is 5.89. The van der Waals surface area contributed by atoms with Gasteiger partial charge in [-0.05, 0) is 6.42 Å². The highest BCUT2D eigenvalue weighted by Gasteiger charge is 2.05. The lowest BCUT2D eigenvalue weighted by molar-refractivity contribution is -0.137. The Morgan fingerprint density at radius 2 is 2.38 bits per heavy atom. The molecular formula is C10H13N3O3. The predicted octanol–water partition coefficient (Wildman–Crippen LogP) is 0.872. The summed E-state index contributed by atoms with van der Waals surface area (Å²) in [5.74, 6) is -0.788. The lowest BCUT2D eigenvalue weighted by atomic mass is 10.3. The molecule has 16 heavy (non-hydrogen) atoms. The van der Waals surface area contributed by atoms with Gasteiger partial charge in [0.15, 0.2) is 5.82 Å². The van der Waals surface area contributed by atoms with Gasteiger partial charge < -0.3 is 10.4 Å². The van der Waals surface area contributed by atoms with E-state index in [0.29, 0.717) is 18.7 Å². The number of carboxylic acid groups (broad SMARTS) is 1. The molecule has 6 nitrogen and oxygen atoms in total. The lowest BCUT2D eigenvalue weighted by Crippen LogP contribution is -2.13. The second-order valence-corrected chi connectivity index (χ2v) is 3.17. The number of nitrogens with zero attached hydrogens (tertiary/aromatic N) is 2. The van der Waals surface area contributed by atoms with Gasteiger partial charge in [-0.15, -0.1) is 6.58 Å². The molecule has 0 atom stereocenters. The summed E-state index contributed by atoms with van der Waals surface area (Å²) in [6, 6.07) is 1.55. The molecule has 0 aliphatic rings. The number of aliphatic carboxylic acids is 1. The van der Waals surface area contributed by atoms with Crippen molar-refractivity contribution in [3.63, 3.8) is 0 Å². The molecule has 0 unspecified atom stereocenters. The molecule has 0 bridgehead atoms. The SMILES string of the molecule is C=CCCC(=O)Nc1ccn(CC(=O)O)n1. The Labute approximate surface area is 92.6 Å². The van der Waals surface area contributed by atoms with Crippen molar-refractivity contribution in [3.05, 3.63) is 24.9 Å². The first kappa shape index (κ1) is 12.0. The molecule has 0 saturated heterocycles. The molecule has 1 heterocycles. The summed E-state index contributed by atoms with van der Waals surface area (Å²) in [6.45, 7) is 3.29. The summed E-state index contributed by atoms with van der Waals surface area (Å²) in [5, 5.41) is 15.0. The van der Waals surface area contributed by atoms with Crippen molar-refractivity contribution in [1.82, 2.24) is 9.78 Å². The number of anilines is 1. The van der Waals surface area contributed by atoms with Crippen LogP contribution >= 0.6 is 0 Å². The van der Waals surface area contributed by atoms with E-state index in [2.05, 4.69) is 17.0 Å². The minimum absolute atomic E-state index is 0.166. The highest BCUT2D eigenvalue weighted by Crippen LogP contribution is 2.03. The van der Waals surface area contributed by atoms with E-state index in [1.165, 1.54) is 10.9 Å². The third kappa shape index (κ3) is 3.95. The number of hydrogen-bond donors (Lipinski definition) is 2. The van der Waals surface area contributed by atoms with Crippen LogP contribution in [0.2, 0.25) is 0 Å². The normalized spacial score (nSPS) is 9.75. The van der Waals surface area contributed by atoms with E-state index in [-0.39, 0.29) is 12.5 Å². The van der Waals surface area contributed by atoms with E-state index < -0.39 is 5.97 Å². The van der Waals surface area contributed by atoms with Crippen LogP contribution < -0.4 is 5.32 Å². The second kappa shape index (κ2) is 5.69. The zero-order valence-corrected chi connectivity index (χ0v) is 8.72. The largest absolute Gasteiger partial charge is 0.480 e. The molecule has 86 valence electrons. The molecule has 0 spiro atoms. The Morgan fingerprint density at radius 1 is 1.62 bits per heavy atom. The fraction of sp³-hybridized carbons (Fsp3) is 0.300. The van der Waals surface area contributed by atoms with Crippen molar-refractivity contribution in [2.24, 2.45) is 0 Å². The summed E-state index contributed by atoms with van der Waals surface area (Å²) in [7, 11) is 0. The third-order valence-electron chi connectivity index (χ3n) is 1.78. The third-order valence-corrected chi connectivity index (χ3v) is 1.78. The van der Waals surface area contributed by atoms with Crippen LogP contribution in [0.4, 0.5) is 5.82 Å². The molecule has 0 radical (unpaired) electrons. The van der Waals surface area contributed by atoms with E-state index >= 15 is 0 Å². The van der Waals surface area contributed by atoms with Crippen molar-refractivity contribution >= 4 is 17.7 Å². The van der Waals surface area contributed by atoms with Crippen LogP contribution in [0.15, 0.2) is 24.9 Å². The number of carbonyl (C=O) groups excluding carboxylic acids is 1. The van der Waals surface area contributed by atoms with E-state index in [1.54, 1.807) is 12.1 Å². The molecule has 0 aliphatic heterocycles. The molecule has 1 aromatic heterocycles. The van der Waals surface area contributed by atoms with Crippen molar-refractivity contribution in [3.8, 4) is 0 Å². The minimum atomic E-state index is -0.979. The number of carbonyl (C=O) groups is 2. The van der Waals surface area contributed by atoms with Gasteiger partial charge in [0, 0.05) is 18.7 Å². The number of allylic oxidation sites excluding steroid dienone is 1. The summed E-state index contributed by atoms with van der Waals surface area (Å²) in [4.78, 5) is 21.7. The van der Waals surface area contributed by atoms with Gasteiger partial charge in [-0.25, -0.2) is 0 Å². The Bertz CT molecular complexity index is 398. The number of aromatic nitrogens is 2. The monoisotopic (exact) mass is 223 g/mol. The summed E-state index contributed by atoms with van der Waals surface area (Å²) < 4.78 is 1.24. The zero-order chi connectivity index (χ0) is 12.0. The maximum Gasteiger partial charge on any atom is 0.325 e. The van der Waals surface area contributed by atoms with Crippen LogP contribution in [-0.4, -0.2) is 26.8 Å². The van der Waals surface area contributed by atoms with Crippen molar-refractivity contribution in [1.29, 1.82) is 0 Å². The van der Waals surface area contributed by atoms with E-state index in [1.807, 2.05) is 0 Å². The fourth-order valence-electron chi connectivity index (χ4n) is 1.09. The predicted molar refractivity (Wildman–Crippen MR) is 57.9 cm³/mol. The number of carboxylic acids is 1. The number of rotatable bonds is 6. The van der Waals surface area contributed by atoms with Crippen LogP contribution in [0.1, 0.15) is 12.8 Å². The number of amides is 1. The molecule has 6 heteroatoms. The smallest absolute Gasteiger partial charge is 0.325 e. The average molecular weight is 223 g/mol. The highest BCUT2D eigenvalue weighted by atomic mass is 16.4. The summed E-state index contributed by atoms with van der Waals surface area (Å²) in [5.41, 5.74) is 0. The minimum Gasteiger partial charge on any atom is -0.480 e. The maximum absolute atomic E-state index is 11.3. The van der Waals surface area contributed by atoms with Gasteiger partial charge in [0.1, 0.15) is 6.54 Å². The Morgan fingerprint density at radius 3 is 3.00 bits per heavy atom. The van der Waals surface area contributed by atoms with Gasteiger partial charge >= 0.3 is 5.97 Å². The molecule has 1 amide bonds. The molecule has 0 aliphatic carbocycles. The van der Waals surface area contributed by atoms with Crippen molar-refractivity contribution in [2.45, 2.75) is 19.4 Å². The van der Waals surface area contributed by atoms with Crippen molar-refractivity contribution in [2.75, 3.05) is 5.32 Å². The maximum atomic E-state index is 11.3. The van der Waals surface area contributed by atoms with Gasteiger partial charge in [-0.2, -0.15) is 5.10 Å². The molecule has 1 rings (SSSR count). The quantitative estimate of drug-likeness (QED) is 0.701. The number of hydrogen-bond acceptors (Lipinski definition) is 3. The first-order chi connectivity index (χ1) is 7.61. The molecule has 0 fully saturated rings. The Kier molecular flexibility index (Phi) is 4.26. The summed E-state index contributed by atoms with van der Waals surface area (Å²) >= 11 is 0.